The second-order valence-corrected chi connectivity index (χ2v) is 7.42. The third kappa shape index (κ3) is 3.48. The van der Waals surface area contributed by atoms with Crippen molar-refractivity contribution in [3.63, 3.8) is 0 Å². The van der Waals surface area contributed by atoms with Crippen molar-refractivity contribution >= 4 is 86.8 Å². The third-order valence-corrected chi connectivity index (χ3v) is 5.98. The average molecular weight is 473 g/mol. The van der Waals surface area contributed by atoms with Crippen molar-refractivity contribution in [2.24, 2.45) is 0 Å². The zero-order chi connectivity index (χ0) is 19.2. The number of anilines is 3. The van der Waals surface area contributed by atoms with Crippen LogP contribution in [0.1, 0.15) is 0 Å². The van der Waals surface area contributed by atoms with E-state index in [1.165, 1.54) is 6.07 Å². The molecule has 0 spiro atoms. The quantitative estimate of drug-likeness (QED) is 0.234. The number of hydrogen-bond donors (Lipinski definition) is 3. The SMILES string of the molecule is Nc1ccc(Cl)c(Nc2cc(=O)n(-c3c(Cl)c(Cl)c(Cl)c(Cl)c3Cl)[nH]2)c1. The summed E-state index contributed by atoms with van der Waals surface area (Å²) in [5, 5.41) is 6.09. The fraction of sp³-hybridized carbons (Fsp3) is 0. The number of halogens is 6. The standard InChI is InChI=1S/C15H8Cl6N4O/c16-6-2-1-5(22)3-7(6)23-8-4-9(26)25(24-8)15-13(20)11(18)10(17)12(19)14(15)21/h1-4,23-24H,22H2. The molecular weight excluding hydrogens is 465 g/mol. The molecular formula is C15H8Cl6N4O. The van der Waals surface area contributed by atoms with Crippen LogP contribution in [-0.2, 0) is 0 Å². The Bertz CT molecular complexity index is 1050. The Balaban J connectivity index is 2.11. The molecule has 4 N–H and O–H groups in total. The molecule has 0 saturated heterocycles. The van der Waals surface area contributed by atoms with Gasteiger partial charge in [0, 0.05) is 11.8 Å². The molecule has 3 aromatic rings. The Hall–Kier alpha value is -1.21. The first-order valence-electron chi connectivity index (χ1n) is 6.86. The number of aromatic amines is 1. The number of nitrogens with two attached hydrogens (primary N) is 1. The van der Waals surface area contributed by atoms with E-state index in [0.29, 0.717) is 22.2 Å². The predicted molar refractivity (Wildman–Crippen MR) is 111 cm³/mol. The number of H-pyrrole nitrogens is 1. The minimum absolute atomic E-state index is 0.00317. The van der Waals surface area contributed by atoms with E-state index in [2.05, 4.69) is 10.4 Å². The van der Waals surface area contributed by atoms with Gasteiger partial charge in [-0.15, -0.1) is 0 Å². The molecule has 0 radical (unpaired) electrons. The van der Waals surface area contributed by atoms with Crippen LogP contribution in [0.15, 0.2) is 29.1 Å². The van der Waals surface area contributed by atoms with Gasteiger partial charge in [0.2, 0.25) is 0 Å². The molecule has 0 fully saturated rings. The predicted octanol–water partition coefficient (Wildman–Crippen LogP) is 6.41. The molecule has 0 aliphatic carbocycles. The molecule has 0 amide bonds. The van der Waals surface area contributed by atoms with Crippen LogP contribution >= 0.6 is 69.6 Å². The lowest BCUT2D eigenvalue weighted by Crippen LogP contribution is -2.15. The van der Waals surface area contributed by atoms with Crippen LogP contribution in [0.3, 0.4) is 0 Å². The molecule has 5 nitrogen and oxygen atoms in total. The second kappa shape index (κ2) is 7.43. The molecule has 0 aliphatic heterocycles. The first-order chi connectivity index (χ1) is 12.2. The van der Waals surface area contributed by atoms with Crippen molar-refractivity contribution in [3.8, 4) is 5.69 Å². The maximum atomic E-state index is 12.4. The van der Waals surface area contributed by atoms with Gasteiger partial charge in [0.05, 0.1) is 35.8 Å². The minimum atomic E-state index is -0.467. The molecule has 0 unspecified atom stereocenters. The lowest BCUT2D eigenvalue weighted by molar-refractivity contribution is 0.853. The molecule has 0 aliphatic rings. The summed E-state index contributed by atoms with van der Waals surface area (Å²) in [5.74, 6) is 0.317. The van der Waals surface area contributed by atoms with Gasteiger partial charge in [-0.3, -0.25) is 9.89 Å². The number of aromatic nitrogens is 2. The van der Waals surface area contributed by atoms with Crippen molar-refractivity contribution in [2.75, 3.05) is 11.1 Å². The van der Waals surface area contributed by atoms with Gasteiger partial charge in [-0.05, 0) is 18.2 Å². The largest absolute Gasteiger partial charge is 0.399 e. The number of nitrogen functional groups attached to an aromatic ring is 1. The van der Waals surface area contributed by atoms with Crippen molar-refractivity contribution in [2.45, 2.75) is 0 Å². The van der Waals surface area contributed by atoms with Crippen LogP contribution in [0.25, 0.3) is 5.69 Å². The highest BCUT2D eigenvalue weighted by Gasteiger charge is 2.22. The Morgan fingerprint density at radius 1 is 0.885 bits per heavy atom. The van der Waals surface area contributed by atoms with E-state index in [4.69, 9.17) is 75.3 Å². The van der Waals surface area contributed by atoms with Gasteiger partial charge in [-0.2, -0.15) is 0 Å². The van der Waals surface area contributed by atoms with Crippen LogP contribution in [-0.4, -0.2) is 9.78 Å². The van der Waals surface area contributed by atoms with E-state index in [-0.39, 0.29) is 30.8 Å². The third-order valence-electron chi connectivity index (χ3n) is 3.39. The summed E-state index contributed by atoms with van der Waals surface area (Å²) in [6.45, 7) is 0. The molecule has 0 atom stereocenters. The smallest absolute Gasteiger partial charge is 0.273 e. The highest BCUT2D eigenvalue weighted by atomic mass is 35.5. The van der Waals surface area contributed by atoms with E-state index in [9.17, 15) is 4.79 Å². The van der Waals surface area contributed by atoms with E-state index in [1.807, 2.05) is 0 Å². The molecule has 0 bridgehead atoms. The Labute approximate surface area is 177 Å². The molecule has 1 heterocycles. The topological polar surface area (TPSA) is 75.8 Å². The second-order valence-electron chi connectivity index (χ2n) is 5.13. The Morgan fingerprint density at radius 3 is 2.08 bits per heavy atom. The van der Waals surface area contributed by atoms with Gasteiger partial charge in [0.25, 0.3) is 5.56 Å². The van der Waals surface area contributed by atoms with Crippen LogP contribution < -0.4 is 16.6 Å². The Morgan fingerprint density at radius 2 is 1.46 bits per heavy atom. The molecule has 26 heavy (non-hydrogen) atoms. The number of nitrogens with zero attached hydrogens (tertiary/aromatic N) is 1. The van der Waals surface area contributed by atoms with Crippen molar-refractivity contribution in [3.05, 3.63) is 64.8 Å². The van der Waals surface area contributed by atoms with E-state index >= 15 is 0 Å². The highest BCUT2D eigenvalue weighted by molar-refractivity contribution is 6.56. The molecule has 136 valence electrons. The summed E-state index contributed by atoms with van der Waals surface area (Å²) in [6, 6.07) is 6.18. The summed E-state index contributed by atoms with van der Waals surface area (Å²) >= 11 is 36.6. The monoisotopic (exact) mass is 470 g/mol. The maximum absolute atomic E-state index is 12.4. The lowest BCUT2D eigenvalue weighted by Gasteiger charge is -2.13. The summed E-state index contributed by atoms with van der Waals surface area (Å²) in [7, 11) is 0. The highest BCUT2D eigenvalue weighted by Crippen LogP contribution is 2.45. The van der Waals surface area contributed by atoms with Crippen molar-refractivity contribution in [1.29, 1.82) is 0 Å². The molecule has 1 aromatic heterocycles. The number of rotatable bonds is 3. The lowest BCUT2D eigenvalue weighted by atomic mass is 10.3. The van der Waals surface area contributed by atoms with E-state index in [0.717, 1.165) is 4.68 Å². The fourth-order valence-corrected chi connectivity index (χ4v) is 3.66. The minimum Gasteiger partial charge on any atom is -0.399 e. The zero-order valence-electron chi connectivity index (χ0n) is 12.5. The maximum Gasteiger partial charge on any atom is 0.273 e. The van der Waals surface area contributed by atoms with Crippen LogP contribution in [0.5, 0.6) is 0 Å². The van der Waals surface area contributed by atoms with Crippen LogP contribution in [0, 0.1) is 0 Å². The number of nitrogens with one attached hydrogen (secondary N) is 2. The van der Waals surface area contributed by atoms with Gasteiger partial charge in [0.1, 0.15) is 11.5 Å². The van der Waals surface area contributed by atoms with Crippen molar-refractivity contribution in [1.82, 2.24) is 9.78 Å². The van der Waals surface area contributed by atoms with Gasteiger partial charge < -0.3 is 11.1 Å². The van der Waals surface area contributed by atoms with E-state index < -0.39 is 5.56 Å². The summed E-state index contributed by atoms with van der Waals surface area (Å²) < 4.78 is 1.08. The van der Waals surface area contributed by atoms with Crippen LogP contribution in [0.2, 0.25) is 30.1 Å². The zero-order valence-corrected chi connectivity index (χ0v) is 17.0. The first kappa shape index (κ1) is 19.5. The van der Waals surface area contributed by atoms with Gasteiger partial charge >= 0.3 is 0 Å². The van der Waals surface area contributed by atoms with E-state index in [1.54, 1.807) is 18.2 Å². The summed E-state index contributed by atoms with van der Waals surface area (Å²) in [5.41, 5.74) is 6.35. The Kier molecular flexibility index (Phi) is 5.58. The fourth-order valence-electron chi connectivity index (χ4n) is 2.20. The normalized spacial score (nSPS) is 11.0. The molecule has 3 rings (SSSR count). The summed E-state index contributed by atoms with van der Waals surface area (Å²) in [6.07, 6.45) is 0. The molecule has 0 saturated carbocycles. The molecule has 11 heteroatoms. The average Bonchev–Trinajstić information content (AvgIpc) is 2.95. The van der Waals surface area contributed by atoms with Gasteiger partial charge in [-0.25, -0.2) is 4.68 Å². The van der Waals surface area contributed by atoms with Gasteiger partial charge in [-0.1, -0.05) is 69.6 Å². The van der Waals surface area contributed by atoms with Crippen LogP contribution in [0.4, 0.5) is 17.2 Å². The summed E-state index contributed by atoms with van der Waals surface area (Å²) in [4.78, 5) is 12.4. The molecule has 2 aromatic carbocycles. The number of hydrogen-bond acceptors (Lipinski definition) is 3. The first-order valence-corrected chi connectivity index (χ1v) is 9.13. The number of benzene rings is 2. The van der Waals surface area contributed by atoms with Gasteiger partial charge in [0.15, 0.2) is 0 Å². The van der Waals surface area contributed by atoms with Crippen molar-refractivity contribution < 1.29 is 0 Å².